The lowest BCUT2D eigenvalue weighted by Gasteiger charge is -2.06. The normalized spacial score (nSPS) is 15.1. The molecule has 2 atom stereocenters. The average molecular weight is 245 g/mol. The topological polar surface area (TPSA) is 37.3 Å². The summed E-state index contributed by atoms with van der Waals surface area (Å²) in [5, 5.41) is 6.78. The van der Waals surface area contributed by atoms with Crippen LogP contribution in [-0.2, 0) is 4.79 Å². The molecule has 4 heteroatoms. The molecule has 0 spiro atoms. The Bertz CT molecular complexity index is 349. The summed E-state index contributed by atoms with van der Waals surface area (Å²) >= 11 is 11.3. The molecule has 1 aromatic rings. The van der Waals surface area contributed by atoms with Gasteiger partial charge in [0.15, 0.2) is 5.38 Å². The number of rotatable bonds is 4. The molecule has 2 nitrogen and oxygen atoms in total. The van der Waals surface area contributed by atoms with Gasteiger partial charge in [0.1, 0.15) is 0 Å². The Balaban J connectivity index is 2.62. The maximum absolute atomic E-state index is 10.5. The van der Waals surface area contributed by atoms with Gasteiger partial charge < -0.3 is 5.11 Å². The average Bonchev–Trinajstić information content (AvgIpc) is 2.26. The van der Waals surface area contributed by atoms with Crippen LogP contribution in [0.25, 0.3) is 6.08 Å². The highest BCUT2D eigenvalue weighted by Crippen LogP contribution is 2.13. The molecular weight excluding hydrogens is 235 g/mol. The fourth-order valence-electron chi connectivity index (χ4n) is 1.00. The zero-order valence-corrected chi connectivity index (χ0v) is 9.32. The highest BCUT2D eigenvalue weighted by atomic mass is 35.5. The Morgan fingerprint density at radius 2 is 1.87 bits per heavy atom. The van der Waals surface area contributed by atoms with E-state index in [9.17, 15) is 4.79 Å². The smallest absolute Gasteiger partial charge is 0.323 e. The van der Waals surface area contributed by atoms with Crippen molar-refractivity contribution >= 4 is 35.2 Å². The van der Waals surface area contributed by atoms with Gasteiger partial charge in [-0.1, -0.05) is 42.5 Å². The Hall–Kier alpha value is -0.990. The molecule has 0 radical (unpaired) electrons. The molecular formula is C11H10Cl2O2. The molecule has 80 valence electrons. The minimum atomic E-state index is -1.12. The Morgan fingerprint density at radius 3 is 2.40 bits per heavy atom. The molecule has 0 aromatic heterocycles. The van der Waals surface area contributed by atoms with Crippen LogP contribution in [0, 0.1) is 0 Å². The molecule has 1 rings (SSSR count). The van der Waals surface area contributed by atoms with Crippen molar-refractivity contribution < 1.29 is 9.90 Å². The van der Waals surface area contributed by atoms with Gasteiger partial charge in [0.2, 0.25) is 0 Å². The van der Waals surface area contributed by atoms with Gasteiger partial charge in [-0.2, -0.15) is 0 Å². The summed E-state index contributed by atoms with van der Waals surface area (Å²) in [6.45, 7) is 0. The SMILES string of the molecule is O=C(O)C(Cl)C(Cl)/C=C/c1ccccc1. The second kappa shape index (κ2) is 5.79. The fraction of sp³-hybridized carbons (Fsp3) is 0.182. The van der Waals surface area contributed by atoms with Crippen molar-refractivity contribution in [3.8, 4) is 0 Å². The zero-order valence-electron chi connectivity index (χ0n) is 7.81. The van der Waals surface area contributed by atoms with Gasteiger partial charge in [-0.25, -0.2) is 0 Å². The van der Waals surface area contributed by atoms with Gasteiger partial charge in [-0.05, 0) is 5.56 Å². The van der Waals surface area contributed by atoms with E-state index in [2.05, 4.69) is 0 Å². The first kappa shape index (κ1) is 12.1. The minimum Gasteiger partial charge on any atom is -0.480 e. The van der Waals surface area contributed by atoms with Crippen LogP contribution < -0.4 is 0 Å². The zero-order chi connectivity index (χ0) is 11.3. The molecule has 1 N–H and O–H groups in total. The predicted octanol–water partition coefficient (Wildman–Crippen LogP) is 3.00. The van der Waals surface area contributed by atoms with E-state index in [1.54, 1.807) is 12.2 Å². The number of carboxylic acids is 1. The summed E-state index contributed by atoms with van der Waals surface area (Å²) in [7, 11) is 0. The third-order valence-corrected chi connectivity index (χ3v) is 2.77. The number of halogens is 2. The summed E-state index contributed by atoms with van der Waals surface area (Å²) in [5.74, 6) is -1.12. The third kappa shape index (κ3) is 3.94. The molecule has 15 heavy (non-hydrogen) atoms. The first-order chi connectivity index (χ1) is 7.11. The summed E-state index contributed by atoms with van der Waals surface area (Å²) in [6, 6.07) is 9.46. The lowest BCUT2D eigenvalue weighted by Crippen LogP contribution is -2.22. The van der Waals surface area contributed by atoms with E-state index in [0.717, 1.165) is 5.56 Å². The molecule has 0 heterocycles. The standard InChI is InChI=1S/C11H10Cl2O2/c12-9(10(13)11(14)15)7-6-8-4-2-1-3-5-8/h1-7,9-10H,(H,14,15)/b7-6+. The van der Waals surface area contributed by atoms with E-state index in [0.29, 0.717) is 0 Å². The van der Waals surface area contributed by atoms with Crippen molar-refractivity contribution in [2.75, 3.05) is 0 Å². The van der Waals surface area contributed by atoms with Gasteiger partial charge in [0.25, 0.3) is 0 Å². The molecule has 0 bridgehead atoms. The van der Waals surface area contributed by atoms with Gasteiger partial charge in [0, 0.05) is 0 Å². The highest BCUT2D eigenvalue weighted by molar-refractivity contribution is 6.37. The molecule has 2 unspecified atom stereocenters. The molecule has 0 saturated heterocycles. The minimum absolute atomic E-state index is 0.718. The van der Waals surface area contributed by atoms with Crippen LogP contribution in [0.5, 0.6) is 0 Å². The fourth-order valence-corrected chi connectivity index (χ4v) is 1.27. The lowest BCUT2D eigenvalue weighted by atomic mass is 10.2. The van der Waals surface area contributed by atoms with E-state index in [1.807, 2.05) is 30.3 Å². The monoisotopic (exact) mass is 244 g/mol. The first-order valence-corrected chi connectivity index (χ1v) is 5.23. The van der Waals surface area contributed by atoms with E-state index in [1.165, 1.54) is 0 Å². The summed E-state index contributed by atoms with van der Waals surface area (Å²) in [5.41, 5.74) is 0.956. The summed E-state index contributed by atoms with van der Waals surface area (Å²) < 4.78 is 0. The summed E-state index contributed by atoms with van der Waals surface area (Å²) in [6.07, 6.45) is 3.32. The van der Waals surface area contributed by atoms with Crippen LogP contribution in [0.1, 0.15) is 5.56 Å². The largest absolute Gasteiger partial charge is 0.480 e. The Kier molecular flexibility index (Phi) is 4.66. The van der Waals surface area contributed by atoms with E-state index < -0.39 is 16.7 Å². The number of carbonyl (C=O) groups is 1. The highest BCUT2D eigenvalue weighted by Gasteiger charge is 2.21. The number of hydrogen-bond donors (Lipinski definition) is 1. The van der Waals surface area contributed by atoms with Crippen molar-refractivity contribution in [1.29, 1.82) is 0 Å². The van der Waals surface area contributed by atoms with Crippen LogP contribution in [0.4, 0.5) is 0 Å². The van der Waals surface area contributed by atoms with Crippen LogP contribution in [0.2, 0.25) is 0 Å². The molecule has 1 aromatic carbocycles. The van der Waals surface area contributed by atoms with E-state index in [4.69, 9.17) is 28.3 Å². The van der Waals surface area contributed by atoms with Crippen LogP contribution in [0.15, 0.2) is 36.4 Å². The number of benzene rings is 1. The number of hydrogen-bond acceptors (Lipinski definition) is 1. The molecule has 0 aliphatic heterocycles. The number of alkyl halides is 2. The van der Waals surface area contributed by atoms with Gasteiger partial charge in [-0.15, -0.1) is 23.2 Å². The van der Waals surface area contributed by atoms with E-state index in [-0.39, 0.29) is 0 Å². The van der Waals surface area contributed by atoms with Gasteiger partial charge in [0.05, 0.1) is 5.38 Å². The van der Waals surface area contributed by atoms with Crippen LogP contribution in [0.3, 0.4) is 0 Å². The summed E-state index contributed by atoms with van der Waals surface area (Å²) in [4.78, 5) is 10.5. The molecule has 0 saturated carbocycles. The third-order valence-electron chi connectivity index (χ3n) is 1.79. The van der Waals surface area contributed by atoms with Crippen molar-refractivity contribution in [1.82, 2.24) is 0 Å². The van der Waals surface area contributed by atoms with E-state index >= 15 is 0 Å². The second-order valence-corrected chi connectivity index (χ2v) is 3.93. The Morgan fingerprint density at radius 1 is 1.27 bits per heavy atom. The second-order valence-electron chi connectivity index (χ2n) is 2.95. The van der Waals surface area contributed by atoms with Gasteiger partial charge in [-0.3, -0.25) is 4.79 Å². The van der Waals surface area contributed by atoms with Crippen molar-refractivity contribution in [2.24, 2.45) is 0 Å². The Labute approximate surface area is 98.1 Å². The quantitative estimate of drug-likeness (QED) is 0.828. The van der Waals surface area contributed by atoms with Crippen molar-refractivity contribution in [3.05, 3.63) is 42.0 Å². The van der Waals surface area contributed by atoms with Crippen LogP contribution >= 0.6 is 23.2 Å². The molecule has 0 aliphatic carbocycles. The number of aliphatic carboxylic acids is 1. The maximum Gasteiger partial charge on any atom is 0.323 e. The van der Waals surface area contributed by atoms with Crippen LogP contribution in [-0.4, -0.2) is 21.8 Å². The number of allylic oxidation sites excluding steroid dienone is 1. The molecule has 0 fully saturated rings. The first-order valence-electron chi connectivity index (χ1n) is 4.35. The number of carboxylic acid groups (broad SMARTS) is 1. The molecule has 0 amide bonds. The maximum atomic E-state index is 10.5. The lowest BCUT2D eigenvalue weighted by molar-refractivity contribution is -0.136. The van der Waals surface area contributed by atoms with Crippen molar-refractivity contribution in [2.45, 2.75) is 10.8 Å². The van der Waals surface area contributed by atoms with Crippen molar-refractivity contribution in [3.63, 3.8) is 0 Å². The molecule has 0 aliphatic rings. The van der Waals surface area contributed by atoms with Gasteiger partial charge >= 0.3 is 5.97 Å². The predicted molar refractivity (Wildman–Crippen MR) is 62.4 cm³/mol.